The number of unbranched alkanes of at least 4 members (excludes halogenated alkanes) is 22. The summed E-state index contributed by atoms with van der Waals surface area (Å²) in [5.41, 5.74) is 0. The molecular formula is C45H83NO8. The van der Waals surface area contributed by atoms with Gasteiger partial charge < -0.3 is 40.3 Å². The minimum Gasteiger partial charge on any atom is -0.394 e. The number of amides is 1. The van der Waals surface area contributed by atoms with Gasteiger partial charge in [-0.2, -0.15) is 0 Å². The molecule has 1 aliphatic heterocycles. The minimum atomic E-state index is -1.57. The number of nitrogens with one attached hydrogen (secondary N) is 1. The van der Waals surface area contributed by atoms with E-state index in [1.54, 1.807) is 6.08 Å². The second-order valence-corrected chi connectivity index (χ2v) is 15.5. The summed E-state index contributed by atoms with van der Waals surface area (Å²) in [5.74, 6) is -0.192. The maximum atomic E-state index is 12.9. The Kier molecular flexibility index (Phi) is 33.4. The van der Waals surface area contributed by atoms with Crippen LogP contribution in [-0.4, -0.2) is 87.5 Å². The highest BCUT2D eigenvalue weighted by Crippen LogP contribution is 2.22. The molecule has 1 amide bonds. The molecule has 1 heterocycles. The van der Waals surface area contributed by atoms with Gasteiger partial charge in [0, 0.05) is 6.42 Å². The lowest BCUT2D eigenvalue weighted by Crippen LogP contribution is -2.60. The number of ether oxygens (including phenoxy) is 2. The van der Waals surface area contributed by atoms with Gasteiger partial charge in [-0.15, -0.1) is 0 Å². The Morgan fingerprint density at radius 3 is 1.63 bits per heavy atom. The van der Waals surface area contributed by atoms with Crippen molar-refractivity contribution in [1.82, 2.24) is 5.32 Å². The second kappa shape index (κ2) is 35.8. The summed E-state index contributed by atoms with van der Waals surface area (Å²) < 4.78 is 11.2. The average Bonchev–Trinajstić information content (AvgIpc) is 3.17. The number of aliphatic hydroxyl groups excluding tert-OH is 5. The first kappa shape index (κ1) is 50.4. The summed E-state index contributed by atoms with van der Waals surface area (Å²) in [4.78, 5) is 12.9. The normalized spacial score (nSPS) is 21.8. The van der Waals surface area contributed by atoms with E-state index >= 15 is 0 Å². The van der Waals surface area contributed by atoms with E-state index in [1.807, 2.05) is 6.08 Å². The summed E-state index contributed by atoms with van der Waals surface area (Å²) >= 11 is 0. The zero-order valence-corrected chi connectivity index (χ0v) is 34.5. The molecule has 1 aliphatic rings. The summed E-state index contributed by atoms with van der Waals surface area (Å²) in [5, 5.41) is 54.1. The number of hydrogen-bond donors (Lipinski definition) is 6. The van der Waals surface area contributed by atoms with E-state index in [0.717, 1.165) is 64.2 Å². The van der Waals surface area contributed by atoms with Gasteiger partial charge in [0.2, 0.25) is 5.91 Å². The van der Waals surface area contributed by atoms with Crippen LogP contribution in [0.1, 0.15) is 187 Å². The van der Waals surface area contributed by atoms with Gasteiger partial charge >= 0.3 is 0 Å². The van der Waals surface area contributed by atoms with E-state index in [0.29, 0.717) is 6.42 Å². The Morgan fingerprint density at radius 1 is 0.630 bits per heavy atom. The van der Waals surface area contributed by atoms with Gasteiger partial charge in [0.15, 0.2) is 6.29 Å². The second-order valence-electron chi connectivity index (χ2n) is 15.5. The van der Waals surface area contributed by atoms with E-state index in [4.69, 9.17) is 9.47 Å². The average molecular weight is 766 g/mol. The van der Waals surface area contributed by atoms with Crippen LogP contribution in [0, 0.1) is 0 Å². The summed E-state index contributed by atoms with van der Waals surface area (Å²) in [6, 6.07) is -0.810. The van der Waals surface area contributed by atoms with Crippen LogP contribution in [0.5, 0.6) is 0 Å². The molecule has 0 aromatic heterocycles. The van der Waals surface area contributed by atoms with Crippen molar-refractivity contribution in [3.05, 3.63) is 36.5 Å². The van der Waals surface area contributed by atoms with Crippen LogP contribution in [0.3, 0.4) is 0 Å². The van der Waals surface area contributed by atoms with Crippen LogP contribution in [0.2, 0.25) is 0 Å². The number of rotatable bonds is 36. The summed E-state index contributed by atoms with van der Waals surface area (Å²) in [6.07, 6.45) is 36.1. The van der Waals surface area contributed by atoms with Crippen molar-refractivity contribution in [2.24, 2.45) is 0 Å². The van der Waals surface area contributed by atoms with Crippen LogP contribution >= 0.6 is 0 Å². The smallest absolute Gasteiger partial charge is 0.220 e. The number of aliphatic hydroxyl groups is 5. The summed E-state index contributed by atoms with van der Waals surface area (Å²) in [6.45, 7) is 3.73. The molecule has 1 rings (SSSR count). The minimum absolute atomic E-state index is 0.192. The van der Waals surface area contributed by atoms with Gasteiger partial charge in [0.1, 0.15) is 24.4 Å². The topological polar surface area (TPSA) is 149 Å². The lowest BCUT2D eigenvalue weighted by Gasteiger charge is -2.40. The van der Waals surface area contributed by atoms with E-state index < -0.39 is 49.5 Å². The van der Waals surface area contributed by atoms with Crippen LogP contribution in [0.25, 0.3) is 0 Å². The first-order valence-corrected chi connectivity index (χ1v) is 22.2. The van der Waals surface area contributed by atoms with Crippen LogP contribution < -0.4 is 5.32 Å². The predicted octanol–water partition coefficient (Wildman–Crippen LogP) is 8.89. The van der Waals surface area contributed by atoms with E-state index in [-0.39, 0.29) is 12.5 Å². The fraction of sp³-hybridized carbons (Fsp3) is 0.844. The first-order chi connectivity index (χ1) is 26.3. The van der Waals surface area contributed by atoms with Gasteiger partial charge in [0.05, 0.1) is 25.4 Å². The maximum absolute atomic E-state index is 12.9. The van der Waals surface area contributed by atoms with Crippen molar-refractivity contribution in [3.63, 3.8) is 0 Å². The van der Waals surface area contributed by atoms with Gasteiger partial charge in [-0.1, -0.05) is 166 Å². The van der Waals surface area contributed by atoms with Crippen molar-refractivity contribution in [2.75, 3.05) is 13.2 Å². The molecule has 9 nitrogen and oxygen atoms in total. The number of carbonyl (C=O) groups excluding carboxylic acids is 1. The molecule has 0 spiro atoms. The Balaban J connectivity index is 2.40. The molecular weight excluding hydrogens is 682 g/mol. The standard InChI is InChI=1S/C45H83NO8/c1-3-5-7-9-11-13-15-17-19-21-22-24-26-28-30-32-34-39(48)38(37-53-45-44(52)43(51)42(50)40(36-47)54-45)46-41(49)35-33-31-29-27-25-23-20-18-16-14-12-10-8-6-4-2/h12,14,18,20,32,34,38-40,42-45,47-48,50-52H,3-11,13,15-17,19,21-31,33,35-37H2,1-2H3,(H,46,49)/b14-12-,20-18-,34-32+. The molecule has 316 valence electrons. The molecule has 1 saturated heterocycles. The lowest BCUT2D eigenvalue weighted by molar-refractivity contribution is -0.302. The Bertz CT molecular complexity index is 941. The number of allylic oxidation sites excluding steroid dienone is 5. The Labute approximate surface area is 330 Å². The zero-order chi connectivity index (χ0) is 39.5. The summed E-state index contributed by atoms with van der Waals surface area (Å²) in [7, 11) is 0. The Hall–Kier alpha value is -1.59. The van der Waals surface area contributed by atoms with Crippen molar-refractivity contribution in [2.45, 2.75) is 230 Å². The molecule has 0 aromatic rings. The lowest BCUT2D eigenvalue weighted by atomic mass is 9.99. The largest absolute Gasteiger partial charge is 0.394 e. The van der Waals surface area contributed by atoms with Crippen LogP contribution in [0.15, 0.2) is 36.5 Å². The fourth-order valence-corrected chi connectivity index (χ4v) is 6.83. The number of carbonyl (C=O) groups is 1. The number of hydrogen-bond acceptors (Lipinski definition) is 8. The third-order valence-corrected chi connectivity index (χ3v) is 10.5. The SMILES string of the molecule is CCCCC/C=C\C/C=C\CCCCCCCC(=O)NC(COC1OC(CO)C(O)C(O)C1O)C(O)/C=C/CCCCCCCCCCCCCCCC. The van der Waals surface area contributed by atoms with Crippen LogP contribution in [-0.2, 0) is 14.3 Å². The molecule has 0 aliphatic carbocycles. The molecule has 0 radical (unpaired) electrons. The van der Waals surface area contributed by atoms with Gasteiger partial charge in [-0.05, 0) is 51.4 Å². The third-order valence-electron chi connectivity index (χ3n) is 10.5. The van der Waals surface area contributed by atoms with Gasteiger partial charge in [-0.25, -0.2) is 0 Å². The highest BCUT2D eigenvalue weighted by molar-refractivity contribution is 5.76. The van der Waals surface area contributed by atoms with Crippen molar-refractivity contribution in [3.8, 4) is 0 Å². The van der Waals surface area contributed by atoms with Crippen molar-refractivity contribution >= 4 is 5.91 Å². The molecule has 1 fully saturated rings. The predicted molar refractivity (Wildman–Crippen MR) is 221 cm³/mol. The van der Waals surface area contributed by atoms with E-state index in [1.165, 1.54) is 103 Å². The zero-order valence-electron chi connectivity index (χ0n) is 34.5. The molecule has 0 aromatic carbocycles. The molecule has 0 bridgehead atoms. The van der Waals surface area contributed by atoms with Crippen LogP contribution in [0.4, 0.5) is 0 Å². The highest BCUT2D eigenvalue weighted by Gasteiger charge is 2.44. The third kappa shape index (κ3) is 26.3. The molecule has 6 N–H and O–H groups in total. The van der Waals surface area contributed by atoms with Crippen molar-refractivity contribution in [1.29, 1.82) is 0 Å². The molecule has 54 heavy (non-hydrogen) atoms. The monoisotopic (exact) mass is 766 g/mol. The van der Waals surface area contributed by atoms with E-state index in [2.05, 4.69) is 43.5 Å². The van der Waals surface area contributed by atoms with Gasteiger partial charge in [-0.3, -0.25) is 4.79 Å². The fourth-order valence-electron chi connectivity index (χ4n) is 6.83. The first-order valence-electron chi connectivity index (χ1n) is 22.2. The molecule has 0 saturated carbocycles. The molecule has 7 atom stereocenters. The van der Waals surface area contributed by atoms with E-state index in [9.17, 15) is 30.3 Å². The quantitative estimate of drug-likeness (QED) is 0.0274. The highest BCUT2D eigenvalue weighted by atomic mass is 16.7. The van der Waals surface area contributed by atoms with Gasteiger partial charge in [0.25, 0.3) is 0 Å². The molecule has 9 heteroatoms. The van der Waals surface area contributed by atoms with Crippen molar-refractivity contribution < 1.29 is 39.8 Å². The Morgan fingerprint density at radius 2 is 1.09 bits per heavy atom. The maximum Gasteiger partial charge on any atom is 0.220 e. The molecule has 7 unspecified atom stereocenters.